The summed E-state index contributed by atoms with van der Waals surface area (Å²) in [5.41, 5.74) is -0.273. The molecule has 0 spiro atoms. The van der Waals surface area contributed by atoms with Crippen molar-refractivity contribution in [3.63, 3.8) is 0 Å². The molecule has 1 unspecified atom stereocenters. The van der Waals surface area contributed by atoms with Crippen LogP contribution in [-0.2, 0) is 11.2 Å². The van der Waals surface area contributed by atoms with E-state index in [0.29, 0.717) is 31.0 Å². The van der Waals surface area contributed by atoms with Crippen LogP contribution in [0.5, 0.6) is 5.75 Å². The molecule has 3 rings (SSSR count). The van der Waals surface area contributed by atoms with Gasteiger partial charge in [0, 0.05) is 29.6 Å². The summed E-state index contributed by atoms with van der Waals surface area (Å²) in [6, 6.07) is 7.26. The van der Waals surface area contributed by atoms with Gasteiger partial charge in [-0.2, -0.15) is 0 Å². The molecule has 1 saturated heterocycles. The van der Waals surface area contributed by atoms with Gasteiger partial charge < -0.3 is 14.1 Å². The van der Waals surface area contributed by atoms with Crippen LogP contribution in [0.15, 0.2) is 39.5 Å². The van der Waals surface area contributed by atoms with E-state index in [-0.39, 0.29) is 29.0 Å². The van der Waals surface area contributed by atoms with E-state index in [1.165, 1.54) is 18.2 Å². The summed E-state index contributed by atoms with van der Waals surface area (Å²) in [6.07, 6.45) is 0.323. The van der Waals surface area contributed by atoms with Crippen molar-refractivity contribution in [1.82, 2.24) is 4.90 Å². The van der Waals surface area contributed by atoms with Crippen LogP contribution in [0, 0.1) is 12.7 Å². The number of hydrogen-bond donors (Lipinski definition) is 0. The first-order valence-electron chi connectivity index (χ1n) is 7.91. The van der Waals surface area contributed by atoms with Crippen LogP contribution in [-0.4, -0.2) is 30.0 Å². The van der Waals surface area contributed by atoms with Crippen LogP contribution >= 0.6 is 11.6 Å². The summed E-state index contributed by atoms with van der Waals surface area (Å²) < 4.78 is 24.5. The Bertz CT molecular complexity index is 831. The molecule has 132 valence electrons. The highest BCUT2D eigenvalue weighted by Gasteiger charge is 2.28. The zero-order chi connectivity index (χ0) is 18.0. The van der Waals surface area contributed by atoms with Gasteiger partial charge in [-0.25, -0.2) is 9.18 Å². The number of likely N-dealkylation sites (tertiary alicyclic amines) is 1. The number of benzene rings is 1. The third kappa shape index (κ3) is 4.20. The highest BCUT2D eigenvalue weighted by molar-refractivity contribution is 6.31. The van der Waals surface area contributed by atoms with Crippen LogP contribution in [0.3, 0.4) is 0 Å². The van der Waals surface area contributed by atoms with E-state index in [9.17, 15) is 14.0 Å². The number of halogens is 2. The second kappa shape index (κ2) is 7.27. The van der Waals surface area contributed by atoms with E-state index in [4.69, 9.17) is 20.8 Å². The molecule has 0 N–H and O–H groups in total. The quantitative estimate of drug-likeness (QED) is 0.835. The highest BCUT2D eigenvalue weighted by atomic mass is 35.5. The first-order chi connectivity index (χ1) is 11.9. The lowest BCUT2D eigenvalue weighted by molar-refractivity contribution is -0.129. The zero-order valence-corrected chi connectivity index (χ0v) is 14.4. The van der Waals surface area contributed by atoms with Crippen molar-refractivity contribution in [2.45, 2.75) is 25.9 Å². The molecule has 2 aromatic rings. The van der Waals surface area contributed by atoms with Gasteiger partial charge in [-0.05, 0) is 19.1 Å². The lowest BCUT2D eigenvalue weighted by atomic mass is 10.1. The smallest absolute Gasteiger partial charge is 0.339 e. The fourth-order valence-electron chi connectivity index (χ4n) is 2.85. The van der Waals surface area contributed by atoms with Crippen molar-refractivity contribution in [3.05, 3.63) is 62.9 Å². The van der Waals surface area contributed by atoms with Crippen molar-refractivity contribution >= 4 is 17.5 Å². The van der Waals surface area contributed by atoms with E-state index in [2.05, 4.69) is 0 Å². The lowest BCUT2D eigenvalue weighted by Gasteiger charge is -2.18. The van der Waals surface area contributed by atoms with Crippen LogP contribution in [0.2, 0.25) is 5.02 Å². The lowest BCUT2D eigenvalue weighted by Crippen LogP contribution is -2.32. The summed E-state index contributed by atoms with van der Waals surface area (Å²) in [4.78, 5) is 25.4. The summed E-state index contributed by atoms with van der Waals surface area (Å²) in [6.45, 7) is 2.55. The monoisotopic (exact) mass is 365 g/mol. The first kappa shape index (κ1) is 17.5. The Hall–Kier alpha value is -2.34. The predicted octanol–water partition coefficient (Wildman–Crippen LogP) is 2.96. The summed E-state index contributed by atoms with van der Waals surface area (Å²) >= 11 is 5.97. The third-order valence-electron chi connectivity index (χ3n) is 4.06. The molecular weight excluding hydrogens is 349 g/mol. The van der Waals surface area contributed by atoms with Crippen LogP contribution in [0.4, 0.5) is 4.39 Å². The minimum absolute atomic E-state index is 0.0910. The summed E-state index contributed by atoms with van der Waals surface area (Å²) in [5, 5.41) is 0.242. The van der Waals surface area contributed by atoms with Gasteiger partial charge in [-0.3, -0.25) is 4.79 Å². The maximum absolute atomic E-state index is 13.8. The van der Waals surface area contributed by atoms with Gasteiger partial charge in [0.15, 0.2) is 0 Å². The molecule has 1 amide bonds. The number of rotatable bonds is 4. The number of amides is 1. The normalized spacial score (nSPS) is 16.9. The molecule has 1 aliphatic rings. The number of hydrogen-bond acceptors (Lipinski definition) is 4. The van der Waals surface area contributed by atoms with Crippen molar-refractivity contribution in [3.8, 4) is 5.75 Å². The molecule has 7 heteroatoms. The Morgan fingerprint density at radius 2 is 2.24 bits per heavy atom. The van der Waals surface area contributed by atoms with E-state index in [1.54, 1.807) is 24.0 Å². The molecule has 0 aliphatic carbocycles. The maximum atomic E-state index is 13.8. The second-order valence-electron chi connectivity index (χ2n) is 5.97. The fourth-order valence-corrected chi connectivity index (χ4v) is 3.08. The first-order valence-corrected chi connectivity index (χ1v) is 8.29. The fraction of sp³-hybridized carbons (Fsp3) is 0.333. The molecule has 0 radical (unpaired) electrons. The van der Waals surface area contributed by atoms with Gasteiger partial charge in [-0.1, -0.05) is 17.7 Å². The van der Waals surface area contributed by atoms with Crippen molar-refractivity contribution in [2.24, 2.45) is 0 Å². The maximum Gasteiger partial charge on any atom is 0.339 e. The minimum Gasteiger partial charge on any atom is -0.488 e. The van der Waals surface area contributed by atoms with Gasteiger partial charge >= 0.3 is 5.63 Å². The number of carbonyl (C=O) groups excluding carboxylic acids is 1. The number of nitrogens with zero attached hydrogens (tertiary/aromatic N) is 1. The van der Waals surface area contributed by atoms with Crippen LogP contribution in [0.1, 0.15) is 17.7 Å². The van der Waals surface area contributed by atoms with Crippen LogP contribution < -0.4 is 10.4 Å². The molecule has 2 heterocycles. The average Bonchev–Trinajstić information content (AvgIpc) is 2.98. The minimum atomic E-state index is -0.487. The molecule has 1 aromatic heterocycles. The van der Waals surface area contributed by atoms with E-state index >= 15 is 0 Å². The molecule has 5 nitrogen and oxygen atoms in total. The van der Waals surface area contributed by atoms with Gasteiger partial charge in [-0.15, -0.1) is 0 Å². The SMILES string of the molecule is Cc1cc(OC2CCN(C(=O)Cc3c(F)cccc3Cl)C2)cc(=O)o1. The average molecular weight is 366 g/mol. The van der Waals surface area contributed by atoms with Gasteiger partial charge in [0.25, 0.3) is 0 Å². The largest absolute Gasteiger partial charge is 0.488 e. The highest BCUT2D eigenvalue weighted by Crippen LogP contribution is 2.22. The van der Waals surface area contributed by atoms with Crippen molar-refractivity contribution in [2.75, 3.05) is 13.1 Å². The molecule has 25 heavy (non-hydrogen) atoms. The van der Waals surface area contributed by atoms with E-state index in [1.807, 2.05) is 0 Å². The molecule has 0 saturated carbocycles. The Balaban J connectivity index is 1.62. The summed E-state index contributed by atoms with van der Waals surface area (Å²) in [7, 11) is 0. The molecule has 1 aliphatic heterocycles. The molecular formula is C18H17ClFNO4. The van der Waals surface area contributed by atoms with Crippen LogP contribution in [0.25, 0.3) is 0 Å². The summed E-state index contributed by atoms with van der Waals surface area (Å²) in [5.74, 6) is 0.189. The van der Waals surface area contributed by atoms with Crippen molar-refractivity contribution in [1.29, 1.82) is 0 Å². The van der Waals surface area contributed by atoms with Crippen molar-refractivity contribution < 1.29 is 18.3 Å². The molecule has 0 bridgehead atoms. The molecule has 1 atom stereocenters. The predicted molar refractivity (Wildman–Crippen MR) is 90.4 cm³/mol. The molecule has 1 aromatic carbocycles. The van der Waals surface area contributed by atoms with E-state index < -0.39 is 11.4 Å². The Labute approximate surface area is 149 Å². The Kier molecular flexibility index (Phi) is 5.08. The standard InChI is InChI=1S/C18H17ClFNO4/c1-11-7-13(8-18(23)24-11)25-12-5-6-21(10-12)17(22)9-14-15(19)3-2-4-16(14)20/h2-4,7-8,12H,5-6,9-10H2,1H3. The topological polar surface area (TPSA) is 59.8 Å². The Morgan fingerprint density at radius 3 is 2.96 bits per heavy atom. The molecule has 1 fully saturated rings. The number of ether oxygens (including phenoxy) is 1. The number of carbonyl (C=O) groups is 1. The van der Waals surface area contributed by atoms with Gasteiger partial charge in [0.05, 0.1) is 19.0 Å². The van der Waals surface area contributed by atoms with Gasteiger partial charge in [0.2, 0.25) is 5.91 Å². The number of aryl methyl sites for hydroxylation is 1. The zero-order valence-electron chi connectivity index (χ0n) is 13.6. The third-order valence-corrected chi connectivity index (χ3v) is 4.41. The Morgan fingerprint density at radius 1 is 1.44 bits per heavy atom. The van der Waals surface area contributed by atoms with E-state index in [0.717, 1.165) is 0 Å². The van der Waals surface area contributed by atoms with Gasteiger partial charge in [0.1, 0.15) is 23.4 Å². The second-order valence-corrected chi connectivity index (χ2v) is 6.38.